The lowest BCUT2D eigenvalue weighted by molar-refractivity contribution is -0.143. The van der Waals surface area contributed by atoms with Gasteiger partial charge in [0.05, 0.1) is 19.1 Å². The Balaban J connectivity index is 1.40. The lowest BCUT2D eigenvalue weighted by Crippen LogP contribution is -2.45. The molecule has 1 saturated carbocycles. The van der Waals surface area contributed by atoms with Crippen molar-refractivity contribution < 1.29 is 14.3 Å². The van der Waals surface area contributed by atoms with Gasteiger partial charge in [0, 0.05) is 25.6 Å². The van der Waals surface area contributed by atoms with E-state index >= 15 is 0 Å². The second-order valence-electron chi connectivity index (χ2n) is 7.44. The first-order valence-electron chi connectivity index (χ1n) is 9.47. The lowest BCUT2D eigenvalue weighted by atomic mass is 10.0. The molecule has 0 bridgehead atoms. The lowest BCUT2D eigenvalue weighted by Gasteiger charge is -2.34. The molecule has 0 unspecified atom stereocenters. The Kier molecular flexibility index (Phi) is 4.75. The van der Waals surface area contributed by atoms with Crippen molar-refractivity contribution in [2.24, 2.45) is 5.92 Å². The van der Waals surface area contributed by atoms with Gasteiger partial charge in [-0.2, -0.15) is 0 Å². The van der Waals surface area contributed by atoms with Gasteiger partial charge < -0.3 is 14.5 Å². The van der Waals surface area contributed by atoms with E-state index in [0.29, 0.717) is 38.7 Å². The maximum Gasteiger partial charge on any atom is 0.228 e. The van der Waals surface area contributed by atoms with E-state index in [1.165, 1.54) is 12.8 Å². The molecule has 1 aliphatic carbocycles. The molecule has 2 heterocycles. The van der Waals surface area contributed by atoms with Crippen molar-refractivity contribution in [3.63, 3.8) is 0 Å². The number of hydrogen-bond acceptors (Lipinski definition) is 3. The highest BCUT2D eigenvalue weighted by Gasteiger charge is 2.41. The normalized spacial score (nSPS) is 27.9. The Labute approximate surface area is 148 Å². The van der Waals surface area contributed by atoms with Gasteiger partial charge in [0.1, 0.15) is 6.10 Å². The maximum atomic E-state index is 13.0. The molecule has 4 rings (SSSR count). The molecule has 2 saturated heterocycles. The molecule has 2 amide bonds. The zero-order valence-electron chi connectivity index (χ0n) is 14.6. The highest BCUT2D eigenvalue weighted by atomic mass is 16.5. The predicted octanol–water partition coefficient (Wildman–Crippen LogP) is 2.38. The molecule has 3 aliphatic rings. The first-order chi connectivity index (χ1) is 12.2. The zero-order valence-corrected chi connectivity index (χ0v) is 14.6. The first kappa shape index (κ1) is 16.6. The minimum absolute atomic E-state index is 0.0676. The fraction of sp³-hybridized carbons (Fsp3) is 0.600. The number of carbonyl (C=O) groups excluding carboxylic acids is 2. The molecular formula is C20H26N2O3. The summed E-state index contributed by atoms with van der Waals surface area (Å²) in [6.07, 6.45) is 4.91. The molecule has 1 aromatic carbocycles. The van der Waals surface area contributed by atoms with E-state index in [1.807, 2.05) is 40.1 Å². The van der Waals surface area contributed by atoms with Gasteiger partial charge in [-0.05, 0) is 18.4 Å². The third-order valence-corrected chi connectivity index (χ3v) is 5.82. The predicted molar refractivity (Wildman–Crippen MR) is 93.8 cm³/mol. The fourth-order valence-electron chi connectivity index (χ4n) is 4.44. The quantitative estimate of drug-likeness (QED) is 0.847. The molecule has 0 radical (unpaired) electrons. The Morgan fingerprint density at radius 3 is 2.60 bits per heavy atom. The number of amides is 2. The molecule has 5 nitrogen and oxygen atoms in total. The van der Waals surface area contributed by atoms with Gasteiger partial charge in [0.15, 0.2) is 0 Å². The van der Waals surface area contributed by atoms with Crippen LogP contribution < -0.4 is 0 Å². The van der Waals surface area contributed by atoms with E-state index in [-0.39, 0.29) is 23.8 Å². The van der Waals surface area contributed by atoms with Gasteiger partial charge >= 0.3 is 0 Å². The van der Waals surface area contributed by atoms with E-state index < -0.39 is 0 Å². The standard InChI is InChI=1S/C20H26N2O3/c23-19-12-16(13-22(19)17-8-4-5-9-17)20(24)21-10-11-25-18(14-21)15-6-2-1-3-7-15/h1-3,6-7,16-18H,4-5,8-14H2/t16-,18-/m0/s1. The van der Waals surface area contributed by atoms with Crippen LogP contribution in [0.3, 0.4) is 0 Å². The second-order valence-corrected chi connectivity index (χ2v) is 7.44. The number of rotatable bonds is 3. The van der Waals surface area contributed by atoms with Crippen molar-refractivity contribution in [3.05, 3.63) is 35.9 Å². The van der Waals surface area contributed by atoms with E-state index in [2.05, 4.69) is 0 Å². The molecule has 2 aliphatic heterocycles. The van der Waals surface area contributed by atoms with Crippen molar-refractivity contribution in [2.75, 3.05) is 26.2 Å². The molecule has 5 heteroatoms. The summed E-state index contributed by atoms with van der Waals surface area (Å²) in [6, 6.07) is 10.4. The van der Waals surface area contributed by atoms with Crippen LogP contribution >= 0.6 is 0 Å². The third-order valence-electron chi connectivity index (χ3n) is 5.82. The molecule has 0 aromatic heterocycles. The number of ether oxygens (including phenoxy) is 1. The molecule has 2 atom stereocenters. The average molecular weight is 342 g/mol. The molecule has 0 N–H and O–H groups in total. The van der Waals surface area contributed by atoms with Gasteiger partial charge in [-0.25, -0.2) is 0 Å². The second kappa shape index (κ2) is 7.16. The summed E-state index contributed by atoms with van der Waals surface area (Å²) in [6.45, 7) is 2.36. The number of carbonyl (C=O) groups is 2. The van der Waals surface area contributed by atoms with Crippen LogP contribution in [0.5, 0.6) is 0 Å². The Bertz CT molecular complexity index is 627. The van der Waals surface area contributed by atoms with Crippen LogP contribution in [0.15, 0.2) is 30.3 Å². The summed E-state index contributed by atoms with van der Waals surface area (Å²) >= 11 is 0. The number of morpholine rings is 1. The number of likely N-dealkylation sites (tertiary alicyclic amines) is 1. The maximum absolute atomic E-state index is 13.0. The van der Waals surface area contributed by atoms with E-state index in [0.717, 1.165) is 18.4 Å². The highest BCUT2D eigenvalue weighted by molar-refractivity contribution is 5.89. The number of hydrogen-bond donors (Lipinski definition) is 0. The minimum Gasteiger partial charge on any atom is -0.370 e. The Morgan fingerprint density at radius 1 is 1.08 bits per heavy atom. The van der Waals surface area contributed by atoms with Crippen molar-refractivity contribution in [2.45, 2.75) is 44.2 Å². The highest BCUT2D eigenvalue weighted by Crippen LogP contribution is 2.31. The monoisotopic (exact) mass is 342 g/mol. The summed E-state index contributed by atoms with van der Waals surface area (Å²) < 4.78 is 5.86. The van der Waals surface area contributed by atoms with Gasteiger partial charge in [-0.15, -0.1) is 0 Å². The topological polar surface area (TPSA) is 49.9 Å². The molecule has 25 heavy (non-hydrogen) atoms. The Morgan fingerprint density at radius 2 is 1.84 bits per heavy atom. The molecule has 0 spiro atoms. The minimum atomic E-state index is -0.178. The van der Waals surface area contributed by atoms with Crippen LogP contribution in [0.4, 0.5) is 0 Å². The summed E-state index contributed by atoms with van der Waals surface area (Å²) in [5.74, 6) is 0.110. The smallest absolute Gasteiger partial charge is 0.228 e. The third kappa shape index (κ3) is 3.43. The summed E-state index contributed by atoms with van der Waals surface area (Å²) in [7, 11) is 0. The zero-order chi connectivity index (χ0) is 17.2. The molecular weight excluding hydrogens is 316 g/mol. The van der Waals surface area contributed by atoms with Crippen LogP contribution in [0.1, 0.15) is 43.8 Å². The largest absolute Gasteiger partial charge is 0.370 e. The van der Waals surface area contributed by atoms with E-state index in [4.69, 9.17) is 4.74 Å². The van der Waals surface area contributed by atoms with Crippen LogP contribution in [0.2, 0.25) is 0 Å². The van der Waals surface area contributed by atoms with Crippen LogP contribution in [0.25, 0.3) is 0 Å². The molecule has 3 fully saturated rings. The van der Waals surface area contributed by atoms with Crippen LogP contribution in [0, 0.1) is 5.92 Å². The first-order valence-corrected chi connectivity index (χ1v) is 9.47. The fourth-order valence-corrected chi connectivity index (χ4v) is 4.44. The van der Waals surface area contributed by atoms with Crippen LogP contribution in [-0.4, -0.2) is 53.9 Å². The van der Waals surface area contributed by atoms with Gasteiger partial charge in [0.2, 0.25) is 11.8 Å². The van der Waals surface area contributed by atoms with Gasteiger partial charge in [0.25, 0.3) is 0 Å². The van der Waals surface area contributed by atoms with Crippen molar-refractivity contribution in [3.8, 4) is 0 Å². The van der Waals surface area contributed by atoms with E-state index in [9.17, 15) is 9.59 Å². The van der Waals surface area contributed by atoms with Crippen molar-refractivity contribution in [1.82, 2.24) is 9.80 Å². The summed E-state index contributed by atoms with van der Waals surface area (Å²) in [5.41, 5.74) is 1.11. The molecule has 1 aromatic rings. The van der Waals surface area contributed by atoms with Crippen molar-refractivity contribution >= 4 is 11.8 Å². The summed E-state index contributed by atoms with van der Waals surface area (Å²) in [4.78, 5) is 29.2. The summed E-state index contributed by atoms with van der Waals surface area (Å²) in [5, 5.41) is 0. The van der Waals surface area contributed by atoms with Gasteiger partial charge in [-0.3, -0.25) is 9.59 Å². The SMILES string of the molecule is O=C([C@H]1CC(=O)N(C2CCCC2)C1)N1CCO[C@H](c2ccccc2)C1. The van der Waals surface area contributed by atoms with E-state index in [1.54, 1.807) is 0 Å². The molecule has 134 valence electrons. The van der Waals surface area contributed by atoms with Gasteiger partial charge in [-0.1, -0.05) is 43.2 Å². The Hall–Kier alpha value is -1.88. The number of benzene rings is 1. The average Bonchev–Trinajstić information content (AvgIpc) is 3.31. The van der Waals surface area contributed by atoms with Crippen molar-refractivity contribution in [1.29, 1.82) is 0 Å². The van der Waals surface area contributed by atoms with Crippen LogP contribution in [-0.2, 0) is 14.3 Å². The number of nitrogens with zero attached hydrogens (tertiary/aromatic N) is 2.